The summed E-state index contributed by atoms with van der Waals surface area (Å²) in [6, 6.07) is 2.17. The van der Waals surface area contributed by atoms with Crippen molar-refractivity contribution in [2.45, 2.75) is 57.8 Å². The van der Waals surface area contributed by atoms with Crippen LogP contribution in [-0.4, -0.2) is 25.2 Å². The summed E-state index contributed by atoms with van der Waals surface area (Å²) in [6.07, 6.45) is 5.87. The average molecular weight is 302 g/mol. The van der Waals surface area contributed by atoms with Crippen LogP contribution in [0.1, 0.15) is 74.2 Å². The third kappa shape index (κ3) is 2.68. The highest BCUT2D eigenvalue weighted by molar-refractivity contribution is 7.13. The fourth-order valence-electron chi connectivity index (χ4n) is 2.80. The van der Waals surface area contributed by atoms with Gasteiger partial charge < -0.3 is 0 Å². The van der Waals surface area contributed by atoms with Crippen LogP contribution in [0.2, 0.25) is 0 Å². The fraction of sp³-hybridized carbons (Fsp3) is 0.643. The van der Waals surface area contributed by atoms with Gasteiger partial charge in [-0.3, -0.25) is 0 Å². The van der Waals surface area contributed by atoms with Crippen LogP contribution in [0.5, 0.6) is 0 Å². The van der Waals surface area contributed by atoms with Gasteiger partial charge in [-0.25, -0.2) is 0 Å². The van der Waals surface area contributed by atoms with Gasteiger partial charge in [-0.05, 0) is 12.8 Å². The lowest BCUT2D eigenvalue weighted by Crippen LogP contribution is -2.12. The van der Waals surface area contributed by atoms with Crippen molar-refractivity contribution in [3.05, 3.63) is 16.4 Å². The van der Waals surface area contributed by atoms with Crippen molar-refractivity contribution in [2.24, 2.45) is 0 Å². The Labute approximate surface area is 127 Å². The van der Waals surface area contributed by atoms with Crippen LogP contribution in [0.25, 0.3) is 5.13 Å². The molecule has 2 heterocycles. The summed E-state index contributed by atoms with van der Waals surface area (Å²) in [5.41, 5.74) is 1.35. The van der Waals surface area contributed by atoms with E-state index in [0.717, 1.165) is 23.5 Å². The van der Waals surface area contributed by atoms with E-state index in [-0.39, 0.29) is 0 Å². The first-order chi connectivity index (χ1) is 10.2. The van der Waals surface area contributed by atoms with Crippen LogP contribution < -0.4 is 0 Å². The Balaban J connectivity index is 2.01. The SMILES string of the molecule is CC(C)c1nnc(-n2nnc(C#N)c2C2CCCCC2)s1. The third-order valence-electron chi connectivity index (χ3n) is 3.91. The van der Waals surface area contributed by atoms with Gasteiger partial charge in [0, 0.05) is 11.8 Å². The Morgan fingerprint density at radius 3 is 2.57 bits per heavy atom. The summed E-state index contributed by atoms with van der Waals surface area (Å²) >= 11 is 1.52. The van der Waals surface area contributed by atoms with Gasteiger partial charge in [0.1, 0.15) is 11.1 Å². The van der Waals surface area contributed by atoms with Crippen LogP contribution in [0.3, 0.4) is 0 Å². The van der Waals surface area contributed by atoms with Gasteiger partial charge in [-0.1, -0.05) is 49.7 Å². The molecule has 6 nitrogen and oxygen atoms in total. The molecule has 2 aromatic rings. The molecule has 1 aliphatic rings. The second-order valence-corrected chi connectivity index (χ2v) is 6.75. The smallest absolute Gasteiger partial charge is 0.191 e. The lowest BCUT2D eigenvalue weighted by molar-refractivity contribution is 0.429. The molecule has 1 aliphatic carbocycles. The summed E-state index contributed by atoms with van der Waals surface area (Å²) < 4.78 is 1.73. The van der Waals surface area contributed by atoms with Crippen LogP contribution in [0.15, 0.2) is 0 Å². The molecule has 0 amide bonds. The van der Waals surface area contributed by atoms with Crippen molar-refractivity contribution in [2.75, 3.05) is 0 Å². The van der Waals surface area contributed by atoms with E-state index in [1.54, 1.807) is 4.68 Å². The minimum atomic E-state index is 0.341. The topological polar surface area (TPSA) is 80.3 Å². The van der Waals surface area contributed by atoms with E-state index in [2.05, 4.69) is 40.4 Å². The predicted molar refractivity (Wildman–Crippen MR) is 79.5 cm³/mol. The Hall–Kier alpha value is -1.81. The first-order valence-electron chi connectivity index (χ1n) is 7.40. The third-order valence-corrected chi connectivity index (χ3v) is 5.11. The van der Waals surface area contributed by atoms with Gasteiger partial charge in [-0.15, -0.1) is 15.3 Å². The van der Waals surface area contributed by atoms with E-state index in [1.807, 2.05) is 0 Å². The van der Waals surface area contributed by atoms with Crippen molar-refractivity contribution in [3.63, 3.8) is 0 Å². The van der Waals surface area contributed by atoms with Crippen molar-refractivity contribution in [3.8, 4) is 11.2 Å². The molecule has 3 rings (SSSR count). The molecule has 110 valence electrons. The van der Waals surface area contributed by atoms with Crippen molar-refractivity contribution in [1.82, 2.24) is 25.2 Å². The highest BCUT2D eigenvalue weighted by atomic mass is 32.1. The number of rotatable bonds is 3. The summed E-state index contributed by atoms with van der Waals surface area (Å²) in [4.78, 5) is 0. The molecule has 21 heavy (non-hydrogen) atoms. The van der Waals surface area contributed by atoms with Gasteiger partial charge in [0.05, 0.1) is 5.69 Å². The molecule has 2 aromatic heterocycles. The second kappa shape index (κ2) is 5.90. The summed E-state index contributed by atoms with van der Waals surface area (Å²) in [5.74, 6) is 0.697. The summed E-state index contributed by atoms with van der Waals surface area (Å²) in [6.45, 7) is 4.18. The monoisotopic (exact) mass is 302 g/mol. The van der Waals surface area contributed by atoms with E-state index in [0.29, 0.717) is 22.7 Å². The number of nitrogens with zero attached hydrogens (tertiary/aromatic N) is 6. The minimum Gasteiger partial charge on any atom is -0.191 e. The molecule has 0 bridgehead atoms. The Bertz CT molecular complexity index is 659. The van der Waals surface area contributed by atoms with Crippen molar-refractivity contribution in [1.29, 1.82) is 5.26 Å². The van der Waals surface area contributed by atoms with Crippen molar-refractivity contribution >= 4 is 11.3 Å². The highest BCUT2D eigenvalue weighted by Gasteiger charge is 2.26. The van der Waals surface area contributed by atoms with E-state index in [9.17, 15) is 5.26 Å². The largest absolute Gasteiger partial charge is 0.234 e. The second-order valence-electron chi connectivity index (χ2n) is 5.76. The molecule has 0 radical (unpaired) electrons. The Kier molecular flexibility index (Phi) is 3.97. The van der Waals surface area contributed by atoms with E-state index < -0.39 is 0 Å². The number of hydrogen-bond donors (Lipinski definition) is 0. The zero-order valence-electron chi connectivity index (χ0n) is 12.3. The van der Waals surface area contributed by atoms with E-state index in [1.165, 1.54) is 30.6 Å². The zero-order valence-corrected chi connectivity index (χ0v) is 13.1. The van der Waals surface area contributed by atoms with Crippen LogP contribution >= 0.6 is 11.3 Å². The first-order valence-corrected chi connectivity index (χ1v) is 8.21. The molecule has 0 saturated heterocycles. The fourth-order valence-corrected chi connectivity index (χ4v) is 3.61. The first kappa shape index (κ1) is 14.1. The quantitative estimate of drug-likeness (QED) is 0.870. The lowest BCUT2D eigenvalue weighted by atomic mass is 9.86. The highest BCUT2D eigenvalue weighted by Crippen LogP contribution is 2.35. The molecule has 0 unspecified atom stereocenters. The minimum absolute atomic E-state index is 0.341. The molecule has 0 N–H and O–H groups in total. The van der Waals surface area contributed by atoms with Gasteiger partial charge in [-0.2, -0.15) is 9.94 Å². The molecule has 0 aromatic carbocycles. The maximum absolute atomic E-state index is 9.30. The average Bonchev–Trinajstić information content (AvgIpc) is 3.14. The summed E-state index contributed by atoms with van der Waals surface area (Å²) in [7, 11) is 0. The number of aromatic nitrogens is 5. The maximum Gasteiger partial charge on any atom is 0.234 e. The van der Waals surface area contributed by atoms with E-state index >= 15 is 0 Å². The van der Waals surface area contributed by atoms with Gasteiger partial charge in [0.15, 0.2) is 5.69 Å². The number of nitriles is 1. The molecule has 1 saturated carbocycles. The van der Waals surface area contributed by atoms with Crippen LogP contribution in [-0.2, 0) is 0 Å². The predicted octanol–water partition coefficient (Wildman–Crippen LogP) is 3.16. The molecular formula is C14H18N6S. The molecule has 0 atom stereocenters. The van der Waals surface area contributed by atoms with Gasteiger partial charge in [0.2, 0.25) is 5.13 Å². The lowest BCUT2D eigenvalue weighted by Gasteiger charge is -2.21. The van der Waals surface area contributed by atoms with Crippen LogP contribution in [0.4, 0.5) is 0 Å². The van der Waals surface area contributed by atoms with Crippen molar-refractivity contribution < 1.29 is 0 Å². The molecule has 7 heteroatoms. The van der Waals surface area contributed by atoms with E-state index in [4.69, 9.17) is 0 Å². The molecule has 0 aliphatic heterocycles. The Morgan fingerprint density at radius 2 is 1.95 bits per heavy atom. The molecule has 0 spiro atoms. The molecular weight excluding hydrogens is 284 g/mol. The van der Waals surface area contributed by atoms with Crippen LogP contribution in [0, 0.1) is 11.3 Å². The zero-order chi connectivity index (χ0) is 14.8. The normalized spacial score (nSPS) is 16.3. The number of hydrogen-bond acceptors (Lipinski definition) is 6. The maximum atomic E-state index is 9.30. The van der Waals surface area contributed by atoms with Gasteiger partial charge in [0.25, 0.3) is 0 Å². The Morgan fingerprint density at radius 1 is 1.19 bits per heavy atom. The molecule has 1 fully saturated rings. The summed E-state index contributed by atoms with van der Waals surface area (Å²) in [5, 5.41) is 27.6. The van der Waals surface area contributed by atoms with Gasteiger partial charge >= 0.3 is 0 Å². The standard InChI is InChI=1S/C14H18N6S/c1-9(2)13-17-18-14(21-13)20-12(11(8-15)16-19-20)10-6-4-3-5-7-10/h9-10H,3-7H2,1-2H3.